The first-order valence-corrected chi connectivity index (χ1v) is 12.6. The predicted molar refractivity (Wildman–Crippen MR) is 140 cm³/mol. The van der Waals surface area contributed by atoms with Crippen LogP contribution >= 0.6 is 0 Å². The molecule has 1 aliphatic rings. The molecule has 0 aliphatic carbocycles. The van der Waals surface area contributed by atoms with Gasteiger partial charge in [-0.15, -0.1) is 0 Å². The van der Waals surface area contributed by atoms with E-state index >= 15 is 0 Å². The van der Waals surface area contributed by atoms with E-state index in [0.717, 1.165) is 18.5 Å². The van der Waals surface area contributed by atoms with Gasteiger partial charge in [-0.2, -0.15) is 5.10 Å². The Balaban J connectivity index is 1.41. The number of aliphatic hydroxyl groups is 1. The summed E-state index contributed by atoms with van der Waals surface area (Å²) >= 11 is 0. The molecule has 2 heterocycles. The summed E-state index contributed by atoms with van der Waals surface area (Å²) in [5.41, 5.74) is -0.179. The fourth-order valence-corrected chi connectivity index (χ4v) is 4.50. The molecule has 37 heavy (non-hydrogen) atoms. The lowest BCUT2D eigenvalue weighted by atomic mass is 10.0. The summed E-state index contributed by atoms with van der Waals surface area (Å²) in [5.74, 6) is 1.98. The van der Waals surface area contributed by atoms with Crippen molar-refractivity contribution in [2.45, 2.75) is 32.0 Å². The third kappa shape index (κ3) is 7.71. The molecule has 4 rings (SSSR count). The van der Waals surface area contributed by atoms with Gasteiger partial charge in [-0.25, -0.2) is 0 Å². The van der Waals surface area contributed by atoms with Gasteiger partial charge in [-0.05, 0) is 35.9 Å². The Labute approximate surface area is 218 Å². The van der Waals surface area contributed by atoms with E-state index in [2.05, 4.69) is 10.00 Å². The number of para-hydroxylation sites is 1. The Morgan fingerprint density at radius 3 is 2.62 bits per heavy atom. The van der Waals surface area contributed by atoms with Gasteiger partial charge in [0, 0.05) is 58.5 Å². The lowest BCUT2D eigenvalue weighted by Crippen LogP contribution is -2.51. The number of carbonyl (C=O) groups excluding carboxylic acids is 1. The number of hydrogen-bond donors (Lipinski definition) is 1. The van der Waals surface area contributed by atoms with Crippen LogP contribution in [0.5, 0.6) is 17.2 Å². The molecule has 9 heteroatoms. The first-order valence-electron chi connectivity index (χ1n) is 12.6. The van der Waals surface area contributed by atoms with Crippen LogP contribution in [0.2, 0.25) is 0 Å². The Morgan fingerprint density at radius 2 is 1.89 bits per heavy atom. The van der Waals surface area contributed by atoms with Crippen LogP contribution in [0.15, 0.2) is 67.0 Å². The number of β-amino-alcohol motifs (C(OH)–C–C–N with tert-alkyl or cyclic N) is 1. The molecule has 0 saturated carbocycles. The van der Waals surface area contributed by atoms with Gasteiger partial charge in [0.1, 0.15) is 18.0 Å². The van der Waals surface area contributed by atoms with Crippen LogP contribution in [0.25, 0.3) is 0 Å². The number of methoxy groups -OCH3 is 1. The monoisotopic (exact) mass is 508 g/mol. The second-order valence-corrected chi connectivity index (χ2v) is 9.43. The normalized spacial score (nSPS) is 18.3. The third-order valence-electron chi connectivity index (χ3n) is 6.37. The first-order chi connectivity index (χ1) is 17.9. The third-order valence-corrected chi connectivity index (χ3v) is 6.37. The number of amides is 1. The van der Waals surface area contributed by atoms with Crippen molar-refractivity contribution in [3.63, 3.8) is 0 Å². The van der Waals surface area contributed by atoms with Crippen molar-refractivity contribution in [3.8, 4) is 17.2 Å². The van der Waals surface area contributed by atoms with E-state index in [-0.39, 0.29) is 19.1 Å². The van der Waals surface area contributed by atoms with Crippen LogP contribution < -0.4 is 14.2 Å². The maximum Gasteiger partial charge on any atom is 0.219 e. The fourth-order valence-electron chi connectivity index (χ4n) is 4.50. The molecular formula is C28H36N4O5. The molecule has 1 amide bonds. The van der Waals surface area contributed by atoms with Crippen molar-refractivity contribution in [1.29, 1.82) is 0 Å². The maximum absolute atomic E-state index is 12.2. The molecular weight excluding hydrogens is 472 g/mol. The van der Waals surface area contributed by atoms with Crippen LogP contribution in [0.3, 0.4) is 0 Å². The first kappa shape index (κ1) is 26.5. The van der Waals surface area contributed by atoms with Gasteiger partial charge in [0.25, 0.3) is 0 Å². The molecule has 1 atom stereocenters. The minimum absolute atomic E-state index is 0.0600. The van der Waals surface area contributed by atoms with Crippen LogP contribution in [-0.4, -0.2) is 82.7 Å². The molecule has 1 saturated heterocycles. The van der Waals surface area contributed by atoms with Gasteiger partial charge in [0.15, 0.2) is 11.5 Å². The van der Waals surface area contributed by atoms with Crippen LogP contribution in [-0.2, 0) is 17.9 Å². The topological polar surface area (TPSA) is 89.3 Å². The smallest absolute Gasteiger partial charge is 0.219 e. The highest BCUT2D eigenvalue weighted by Crippen LogP contribution is 2.29. The molecule has 1 aromatic heterocycles. The van der Waals surface area contributed by atoms with Crippen molar-refractivity contribution >= 4 is 5.91 Å². The highest BCUT2D eigenvalue weighted by molar-refractivity contribution is 5.73. The molecule has 2 aromatic carbocycles. The number of hydrogen-bond acceptors (Lipinski definition) is 7. The van der Waals surface area contributed by atoms with Crippen LogP contribution in [0.4, 0.5) is 0 Å². The zero-order valence-corrected chi connectivity index (χ0v) is 21.6. The van der Waals surface area contributed by atoms with Crippen molar-refractivity contribution in [2.75, 3.05) is 46.5 Å². The van der Waals surface area contributed by atoms with E-state index in [9.17, 15) is 9.90 Å². The van der Waals surface area contributed by atoms with E-state index in [1.807, 2.05) is 65.5 Å². The summed E-state index contributed by atoms with van der Waals surface area (Å²) in [6, 6.07) is 17.2. The molecule has 1 aliphatic heterocycles. The van der Waals surface area contributed by atoms with E-state index in [4.69, 9.17) is 14.2 Å². The molecule has 0 spiro atoms. The quantitative estimate of drug-likeness (QED) is 0.399. The van der Waals surface area contributed by atoms with Crippen LogP contribution in [0.1, 0.15) is 18.9 Å². The molecule has 0 unspecified atom stereocenters. The molecule has 3 aromatic rings. The van der Waals surface area contributed by atoms with Crippen molar-refractivity contribution < 1.29 is 24.1 Å². The minimum atomic E-state index is -1.21. The Bertz CT molecular complexity index is 1120. The minimum Gasteiger partial charge on any atom is -0.493 e. The standard InChI is InChI=1S/C28H36N4O5/c1-23(33)31-16-15-30(20-28(34,21-31)22-37-25-8-4-3-5-9-25)19-24-10-11-26(35-2)27(18-24)36-17-7-14-32-13-6-12-29-32/h3-6,8-13,18,34H,7,14-17,19-22H2,1-2H3/t28-/m0/s1. The zero-order valence-electron chi connectivity index (χ0n) is 21.6. The average molecular weight is 509 g/mol. The van der Waals surface area contributed by atoms with Gasteiger partial charge in [0.2, 0.25) is 5.91 Å². The Hall–Kier alpha value is -3.56. The lowest BCUT2D eigenvalue weighted by molar-refractivity contribution is -0.132. The predicted octanol–water partition coefficient (Wildman–Crippen LogP) is 2.84. The molecule has 9 nitrogen and oxygen atoms in total. The highest BCUT2D eigenvalue weighted by atomic mass is 16.5. The number of aromatic nitrogens is 2. The van der Waals surface area contributed by atoms with Crippen molar-refractivity contribution in [3.05, 3.63) is 72.6 Å². The fraction of sp³-hybridized carbons (Fsp3) is 0.429. The second-order valence-electron chi connectivity index (χ2n) is 9.43. The Kier molecular flexibility index (Phi) is 9.03. The molecule has 1 N–H and O–H groups in total. The number of nitrogens with zero attached hydrogens (tertiary/aromatic N) is 4. The van der Waals surface area contributed by atoms with E-state index in [1.54, 1.807) is 18.2 Å². The molecule has 198 valence electrons. The van der Waals surface area contributed by atoms with Gasteiger partial charge >= 0.3 is 0 Å². The summed E-state index contributed by atoms with van der Waals surface area (Å²) in [6.07, 6.45) is 4.51. The number of rotatable bonds is 11. The van der Waals surface area contributed by atoms with Crippen molar-refractivity contribution in [1.82, 2.24) is 19.6 Å². The number of aryl methyl sites for hydroxylation is 1. The number of carbonyl (C=O) groups is 1. The lowest BCUT2D eigenvalue weighted by Gasteiger charge is -2.32. The SMILES string of the molecule is COc1ccc(CN2CCN(C(C)=O)C[C@](O)(COc3ccccc3)C2)cc1OCCCn1cccn1. The van der Waals surface area contributed by atoms with Crippen LogP contribution in [0, 0.1) is 0 Å². The number of benzene rings is 2. The summed E-state index contributed by atoms with van der Waals surface area (Å²) in [7, 11) is 1.63. The van der Waals surface area contributed by atoms with E-state index in [1.165, 1.54) is 6.92 Å². The summed E-state index contributed by atoms with van der Waals surface area (Å²) in [6.45, 7) is 5.29. The van der Waals surface area contributed by atoms with Gasteiger partial charge < -0.3 is 24.2 Å². The van der Waals surface area contributed by atoms with E-state index < -0.39 is 5.60 Å². The van der Waals surface area contributed by atoms with Gasteiger partial charge in [0.05, 0.1) is 20.3 Å². The maximum atomic E-state index is 12.2. The van der Waals surface area contributed by atoms with E-state index in [0.29, 0.717) is 50.0 Å². The second kappa shape index (κ2) is 12.6. The summed E-state index contributed by atoms with van der Waals surface area (Å²) in [4.78, 5) is 16.1. The van der Waals surface area contributed by atoms with Gasteiger partial charge in [-0.1, -0.05) is 24.3 Å². The highest BCUT2D eigenvalue weighted by Gasteiger charge is 2.37. The molecule has 0 bridgehead atoms. The van der Waals surface area contributed by atoms with Crippen molar-refractivity contribution in [2.24, 2.45) is 0 Å². The van der Waals surface area contributed by atoms with Gasteiger partial charge in [-0.3, -0.25) is 14.4 Å². The summed E-state index contributed by atoms with van der Waals surface area (Å²) in [5, 5.41) is 15.7. The largest absolute Gasteiger partial charge is 0.493 e. The molecule has 1 fully saturated rings. The summed E-state index contributed by atoms with van der Waals surface area (Å²) < 4.78 is 19.3. The Morgan fingerprint density at radius 1 is 1.05 bits per heavy atom. The average Bonchev–Trinajstić information content (AvgIpc) is 3.36. The number of ether oxygens (including phenoxy) is 3. The molecule has 0 radical (unpaired) electrons. The zero-order chi connectivity index (χ0) is 26.1.